The van der Waals surface area contributed by atoms with Crippen molar-refractivity contribution in [3.05, 3.63) is 46.3 Å². The molecule has 34 heavy (non-hydrogen) atoms. The maximum atomic E-state index is 13.4. The second kappa shape index (κ2) is 10.1. The van der Waals surface area contributed by atoms with Gasteiger partial charge in [-0.15, -0.1) is 0 Å². The van der Waals surface area contributed by atoms with Crippen molar-refractivity contribution in [1.29, 1.82) is 5.26 Å². The summed E-state index contributed by atoms with van der Waals surface area (Å²) < 4.78 is 50.4. The lowest BCUT2D eigenvalue weighted by molar-refractivity contribution is -0.137. The molecule has 0 aliphatic carbocycles. The normalized spacial score (nSPS) is 16.3. The summed E-state index contributed by atoms with van der Waals surface area (Å²) in [5.74, 6) is -0.601. The van der Waals surface area contributed by atoms with Crippen molar-refractivity contribution < 1.29 is 32.0 Å². The highest BCUT2D eigenvalue weighted by molar-refractivity contribution is 5.99. The molecule has 1 fully saturated rings. The van der Waals surface area contributed by atoms with Crippen LogP contribution in [-0.2, 0) is 15.7 Å². The number of carbonyl (C=O) groups is 2. The van der Waals surface area contributed by atoms with Crippen LogP contribution in [0.25, 0.3) is 0 Å². The Morgan fingerprint density at radius 3 is 2.65 bits per heavy atom. The molecule has 9 nitrogen and oxygen atoms in total. The Balaban J connectivity index is 1.92. The lowest BCUT2D eigenvalue weighted by Crippen LogP contribution is -2.61. The lowest BCUT2D eigenvalue weighted by atomic mass is 10.0. The van der Waals surface area contributed by atoms with E-state index in [1.807, 2.05) is 0 Å². The Labute approximate surface area is 194 Å². The fraction of sp³-hybridized carbons (Fsp3) is 0.455. The van der Waals surface area contributed by atoms with E-state index in [-0.39, 0.29) is 44.0 Å². The number of aryl methyl sites for hydroxylation is 2. The van der Waals surface area contributed by atoms with E-state index >= 15 is 0 Å². The minimum absolute atomic E-state index is 0.0445. The van der Waals surface area contributed by atoms with Gasteiger partial charge in [-0.3, -0.25) is 9.59 Å². The number of amides is 2. The number of nitrogens with one attached hydrogen (secondary N) is 1. The number of hydrogen-bond acceptors (Lipinski definition) is 7. The topological polar surface area (TPSA) is 112 Å². The number of carbonyl (C=O) groups excluding carboxylic acids is 2. The van der Waals surface area contributed by atoms with Crippen LogP contribution in [0.5, 0.6) is 0 Å². The number of rotatable bonds is 6. The second-order valence-corrected chi connectivity index (χ2v) is 7.78. The van der Waals surface area contributed by atoms with Gasteiger partial charge >= 0.3 is 6.18 Å². The first-order valence-electron chi connectivity index (χ1n) is 10.4. The van der Waals surface area contributed by atoms with Crippen molar-refractivity contribution in [3.8, 4) is 6.07 Å². The molecular weight excluding hydrogens is 455 g/mol. The van der Waals surface area contributed by atoms with E-state index in [0.717, 1.165) is 12.1 Å². The molecule has 1 aromatic heterocycles. The van der Waals surface area contributed by atoms with Crippen LogP contribution in [0.2, 0.25) is 0 Å². The van der Waals surface area contributed by atoms with Gasteiger partial charge < -0.3 is 24.4 Å². The summed E-state index contributed by atoms with van der Waals surface area (Å²) in [4.78, 5) is 29.2. The first-order chi connectivity index (χ1) is 16.1. The van der Waals surface area contributed by atoms with Crippen molar-refractivity contribution in [2.45, 2.75) is 26.1 Å². The predicted molar refractivity (Wildman–Crippen MR) is 114 cm³/mol. The van der Waals surface area contributed by atoms with Crippen molar-refractivity contribution in [2.24, 2.45) is 0 Å². The minimum Gasteiger partial charge on any atom is -0.383 e. The van der Waals surface area contributed by atoms with E-state index in [1.165, 1.54) is 18.1 Å². The molecule has 2 amide bonds. The summed E-state index contributed by atoms with van der Waals surface area (Å²) in [5.41, 5.74) is -0.711. The van der Waals surface area contributed by atoms with Crippen LogP contribution in [0.4, 0.5) is 18.9 Å². The Kier molecular flexibility index (Phi) is 7.46. The first kappa shape index (κ1) is 25.0. The van der Waals surface area contributed by atoms with E-state index in [2.05, 4.69) is 10.5 Å². The van der Waals surface area contributed by atoms with Crippen LogP contribution in [0, 0.1) is 25.2 Å². The Hall–Kier alpha value is -3.59. The van der Waals surface area contributed by atoms with Gasteiger partial charge in [0.25, 0.3) is 5.91 Å². The number of aromatic nitrogens is 1. The Morgan fingerprint density at radius 1 is 1.32 bits per heavy atom. The zero-order chi connectivity index (χ0) is 25.0. The van der Waals surface area contributed by atoms with Crippen LogP contribution in [0.15, 0.2) is 22.7 Å². The zero-order valence-electron chi connectivity index (χ0n) is 18.9. The van der Waals surface area contributed by atoms with Gasteiger partial charge in [0, 0.05) is 39.0 Å². The van der Waals surface area contributed by atoms with Crippen LogP contribution in [0.1, 0.15) is 32.9 Å². The summed E-state index contributed by atoms with van der Waals surface area (Å²) in [5, 5.41) is 15.5. The predicted octanol–water partition coefficient (Wildman–Crippen LogP) is 2.28. The highest BCUT2D eigenvalue weighted by Gasteiger charge is 2.39. The summed E-state index contributed by atoms with van der Waals surface area (Å²) in [6.07, 6.45) is -4.71. The number of ether oxygens (including phenoxy) is 1. The molecule has 12 heteroatoms. The van der Waals surface area contributed by atoms with Crippen LogP contribution in [0.3, 0.4) is 0 Å². The third-order valence-corrected chi connectivity index (χ3v) is 5.59. The number of benzene rings is 1. The zero-order valence-corrected chi connectivity index (χ0v) is 18.9. The van der Waals surface area contributed by atoms with Crippen molar-refractivity contribution in [2.75, 3.05) is 44.8 Å². The van der Waals surface area contributed by atoms with Gasteiger partial charge in [0.1, 0.15) is 17.4 Å². The minimum atomic E-state index is -4.71. The van der Waals surface area contributed by atoms with Crippen molar-refractivity contribution in [3.63, 3.8) is 0 Å². The number of alkyl halides is 3. The maximum Gasteiger partial charge on any atom is 0.417 e. The quantitative estimate of drug-likeness (QED) is 0.633. The van der Waals surface area contributed by atoms with Gasteiger partial charge in [0.05, 0.1) is 29.5 Å². The lowest BCUT2D eigenvalue weighted by Gasteiger charge is -2.41. The molecule has 1 N–H and O–H groups in total. The van der Waals surface area contributed by atoms with Gasteiger partial charge in [0.2, 0.25) is 5.91 Å². The second-order valence-electron chi connectivity index (χ2n) is 7.78. The molecule has 3 rings (SSSR count). The Morgan fingerprint density at radius 2 is 2.06 bits per heavy atom. The number of nitriles is 1. The molecule has 1 aliphatic heterocycles. The fourth-order valence-electron chi connectivity index (χ4n) is 3.87. The van der Waals surface area contributed by atoms with Crippen LogP contribution >= 0.6 is 0 Å². The number of piperazine rings is 1. The monoisotopic (exact) mass is 479 g/mol. The number of halogens is 3. The first-order valence-corrected chi connectivity index (χ1v) is 10.4. The van der Waals surface area contributed by atoms with E-state index in [4.69, 9.17) is 14.5 Å². The molecule has 1 aromatic carbocycles. The molecule has 2 aromatic rings. The SMILES string of the molecule is COCCNC(=O)C1CN(c2ccc(C#N)c(C(F)(F)F)c2)CCN1C(=O)c1c(C)noc1C. The number of nitrogens with zero attached hydrogens (tertiary/aromatic N) is 4. The highest BCUT2D eigenvalue weighted by atomic mass is 19.4. The summed E-state index contributed by atoms with van der Waals surface area (Å²) >= 11 is 0. The van der Waals surface area contributed by atoms with Gasteiger partial charge in [-0.2, -0.15) is 18.4 Å². The highest BCUT2D eigenvalue weighted by Crippen LogP contribution is 2.35. The molecule has 0 spiro atoms. The smallest absolute Gasteiger partial charge is 0.383 e. The van der Waals surface area contributed by atoms with E-state index < -0.39 is 35.2 Å². The van der Waals surface area contributed by atoms with Gasteiger partial charge in [-0.1, -0.05) is 5.16 Å². The van der Waals surface area contributed by atoms with E-state index in [0.29, 0.717) is 11.5 Å². The third kappa shape index (κ3) is 5.14. The molecule has 2 heterocycles. The van der Waals surface area contributed by atoms with E-state index in [9.17, 15) is 22.8 Å². The molecule has 1 atom stereocenters. The van der Waals surface area contributed by atoms with Gasteiger partial charge in [0.15, 0.2) is 0 Å². The third-order valence-electron chi connectivity index (χ3n) is 5.59. The number of anilines is 1. The average Bonchev–Trinajstić information content (AvgIpc) is 3.15. The Bertz CT molecular complexity index is 1090. The maximum absolute atomic E-state index is 13.4. The van der Waals surface area contributed by atoms with Gasteiger partial charge in [-0.25, -0.2) is 0 Å². The van der Waals surface area contributed by atoms with Crippen LogP contribution < -0.4 is 10.2 Å². The standard InChI is InChI=1S/C22H24F3N5O4/c1-13-19(14(2)34-28-13)21(32)30-8-7-29(12-18(30)20(31)27-6-9-33-3)16-5-4-15(11-26)17(10-16)22(23,24)25/h4-5,10,18H,6-9,12H2,1-3H3,(H,27,31). The fourth-order valence-corrected chi connectivity index (χ4v) is 3.87. The van der Waals surface area contributed by atoms with Crippen molar-refractivity contribution in [1.82, 2.24) is 15.4 Å². The van der Waals surface area contributed by atoms with E-state index in [1.54, 1.807) is 24.8 Å². The van der Waals surface area contributed by atoms with Crippen LogP contribution in [-0.4, -0.2) is 67.8 Å². The summed E-state index contributed by atoms with van der Waals surface area (Å²) in [6, 6.07) is 3.96. The molecule has 0 radical (unpaired) electrons. The number of hydrogen-bond donors (Lipinski definition) is 1. The molecule has 1 aliphatic rings. The van der Waals surface area contributed by atoms with Crippen molar-refractivity contribution >= 4 is 17.5 Å². The molecular formula is C22H24F3N5O4. The largest absolute Gasteiger partial charge is 0.417 e. The number of methoxy groups -OCH3 is 1. The molecule has 1 unspecified atom stereocenters. The molecule has 0 bridgehead atoms. The molecule has 1 saturated heterocycles. The molecule has 182 valence electrons. The van der Waals surface area contributed by atoms with Gasteiger partial charge in [-0.05, 0) is 32.0 Å². The summed E-state index contributed by atoms with van der Waals surface area (Å²) in [7, 11) is 1.48. The average molecular weight is 479 g/mol. The summed E-state index contributed by atoms with van der Waals surface area (Å²) in [6.45, 7) is 3.87. The molecule has 0 saturated carbocycles.